The molecular formula is C14H18ClN. The van der Waals surface area contributed by atoms with Gasteiger partial charge in [-0.25, -0.2) is 0 Å². The highest BCUT2D eigenvalue weighted by Gasteiger charge is 2.28. The van der Waals surface area contributed by atoms with Crippen LogP contribution in [0.4, 0.5) is 0 Å². The van der Waals surface area contributed by atoms with E-state index in [0.29, 0.717) is 5.41 Å². The molecule has 0 radical (unpaired) electrons. The average molecular weight is 236 g/mol. The molecule has 1 aliphatic carbocycles. The summed E-state index contributed by atoms with van der Waals surface area (Å²) < 4.78 is 0. The first kappa shape index (κ1) is 11.7. The molecule has 1 atom stereocenters. The molecule has 1 nitrogen and oxygen atoms in total. The molecule has 1 aromatic rings. The summed E-state index contributed by atoms with van der Waals surface area (Å²) in [6.45, 7) is 6.63. The molecule has 2 rings (SSSR count). The van der Waals surface area contributed by atoms with Gasteiger partial charge in [0.05, 0.1) is 5.38 Å². The van der Waals surface area contributed by atoms with Crippen molar-refractivity contribution in [3.63, 3.8) is 0 Å². The molecule has 1 aromatic heterocycles. The van der Waals surface area contributed by atoms with E-state index in [1.54, 1.807) is 0 Å². The van der Waals surface area contributed by atoms with Gasteiger partial charge in [-0.05, 0) is 47.9 Å². The Bertz CT molecular complexity index is 420. The Morgan fingerprint density at radius 3 is 2.75 bits per heavy atom. The molecule has 0 saturated carbocycles. The van der Waals surface area contributed by atoms with Crippen molar-refractivity contribution in [2.24, 2.45) is 5.41 Å². The van der Waals surface area contributed by atoms with Crippen LogP contribution in [0, 0.1) is 12.3 Å². The van der Waals surface area contributed by atoms with Crippen molar-refractivity contribution >= 4 is 17.2 Å². The number of rotatable bonds is 1. The molecule has 1 aliphatic rings. The summed E-state index contributed by atoms with van der Waals surface area (Å²) in [5.74, 6) is 0. The largest absolute Gasteiger partial charge is 0.264 e. The van der Waals surface area contributed by atoms with Gasteiger partial charge in [-0.2, -0.15) is 0 Å². The lowest BCUT2D eigenvalue weighted by Crippen LogP contribution is -2.21. The van der Waals surface area contributed by atoms with E-state index in [-0.39, 0.29) is 5.38 Å². The van der Waals surface area contributed by atoms with E-state index in [0.717, 1.165) is 12.8 Å². The minimum atomic E-state index is 0.152. The summed E-state index contributed by atoms with van der Waals surface area (Å²) >= 11 is 6.29. The normalized spacial score (nSPS) is 24.0. The zero-order valence-corrected chi connectivity index (χ0v) is 10.9. The molecule has 0 spiro atoms. The maximum absolute atomic E-state index is 6.29. The summed E-state index contributed by atoms with van der Waals surface area (Å²) in [5.41, 5.74) is 4.05. The van der Waals surface area contributed by atoms with Crippen molar-refractivity contribution in [3.05, 3.63) is 35.7 Å². The topological polar surface area (TPSA) is 12.9 Å². The third-order valence-electron chi connectivity index (χ3n) is 3.04. The second kappa shape index (κ2) is 4.21. The molecular weight excluding hydrogens is 218 g/mol. The fraction of sp³-hybridized carbons (Fsp3) is 0.500. The van der Waals surface area contributed by atoms with E-state index in [2.05, 4.69) is 37.9 Å². The van der Waals surface area contributed by atoms with Gasteiger partial charge in [0, 0.05) is 12.4 Å². The number of hydrogen-bond acceptors (Lipinski definition) is 1. The second-order valence-electron chi connectivity index (χ2n) is 5.50. The predicted octanol–water partition coefficient (Wildman–Crippen LogP) is 4.20. The SMILES string of the molecule is Cc1cncc(C2=CC(Cl)CC(C)(C)C2)c1. The zero-order chi connectivity index (χ0) is 11.8. The molecule has 2 heteroatoms. The molecule has 16 heavy (non-hydrogen) atoms. The highest BCUT2D eigenvalue weighted by molar-refractivity contribution is 6.22. The number of alkyl halides is 1. The highest BCUT2D eigenvalue weighted by atomic mass is 35.5. The van der Waals surface area contributed by atoms with E-state index in [1.807, 2.05) is 12.4 Å². The maximum Gasteiger partial charge on any atom is 0.0527 e. The molecule has 0 fully saturated rings. The Labute approximate surface area is 103 Å². The lowest BCUT2D eigenvalue weighted by atomic mass is 9.75. The predicted molar refractivity (Wildman–Crippen MR) is 69.6 cm³/mol. The number of pyridine rings is 1. The molecule has 1 heterocycles. The van der Waals surface area contributed by atoms with Crippen LogP contribution < -0.4 is 0 Å². The fourth-order valence-electron chi connectivity index (χ4n) is 2.38. The van der Waals surface area contributed by atoms with Crippen LogP contribution in [-0.4, -0.2) is 10.4 Å². The van der Waals surface area contributed by atoms with Gasteiger partial charge in [-0.15, -0.1) is 11.6 Å². The molecule has 0 amide bonds. The standard InChI is InChI=1S/C14H18ClN/c1-10-4-12(9-16-8-10)11-5-13(15)7-14(2,3)6-11/h4-5,8-9,13H,6-7H2,1-3H3. The summed E-state index contributed by atoms with van der Waals surface area (Å²) in [6.07, 6.45) is 8.14. The van der Waals surface area contributed by atoms with Crippen molar-refractivity contribution in [2.75, 3.05) is 0 Å². The highest BCUT2D eigenvalue weighted by Crippen LogP contribution is 2.41. The third kappa shape index (κ3) is 2.65. The van der Waals surface area contributed by atoms with E-state index in [1.165, 1.54) is 16.7 Å². The van der Waals surface area contributed by atoms with Gasteiger partial charge in [0.25, 0.3) is 0 Å². The molecule has 0 N–H and O–H groups in total. The first-order chi connectivity index (χ1) is 7.46. The van der Waals surface area contributed by atoms with E-state index >= 15 is 0 Å². The van der Waals surface area contributed by atoms with Crippen molar-refractivity contribution in [2.45, 2.75) is 39.0 Å². The summed E-state index contributed by atoms with van der Waals surface area (Å²) in [4.78, 5) is 4.25. The summed E-state index contributed by atoms with van der Waals surface area (Å²) in [5, 5.41) is 0.152. The van der Waals surface area contributed by atoms with Crippen LogP contribution in [0.15, 0.2) is 24.5 Å². The summed E-state index contributed by atoms with van der Waals surface area (Å²) in [7, 11) is 0. The minimum Gasteiger partial charge on any atom is -0.264 e. The quantitative estimate of drug-likeness (QED) is 0.665. The third-order valence-corrected chi connectivity index (χ3v) is 3.32. The Hall–Kier alpha value is -0.820. The average Bonchev–Trinajstić information content (AvgIpc) is 2.14. The van der Waals surface area contributed by atoms with Gasteiger partial charge >= 0.3 is 0 Å². The molecule has 1 unspecified atom stereocenters. The fourth-order valence-corrected chi connectivity index (χ4v) is 2.95. The maximum atomic E-state index is 6.29. The van der Waals surface area contributed by atoms with E-state index in [9.17, 15) is 0 Å². The van der Waals surface area contributed by atoms with Crippen LogP contribution in [0.3, 0.4) is 0 Å². The van der Waals surface area contributed by atoms with Crippen LogP contribution in [-0.2, 0) is 0 Å². The zero-order valence-electron chi connectivity index (χ0n) is 10.1. The summed E-state index contributed by atoms with van der Waals surface area (Å²) in [6, 6.07) is 2.18. The number of aromatic nitrogens is 1. The Morgan fingerprint density at radius 1 is 1.38 bits per heavy atom. The molecule has 0 aromatic carbocycles. The van der Waals surface area contributed by atoms with Crippen molar-refractivity contribution in [3.8, 4) is 0 Å². The van der Waals surface area contributed by atoms with Gasteiger partial charge in [-0.3, -0.25) is 4.98 Å². The van der Waals surface area contributed by atoms with E-state index in [4.69, 9.17) is 11.6 Å². The van der Waals surface area contributed by atoms with Crippen LogP contribution in [0.25, 0.3) is 5.57 Å². The monoisotopic (exact) mass is 235 g/mol. The minimum absolute atomic E-state index is 0.152. The second-order valence-corrected chi connectivity index (χ2v) is 6.06. The lowest BCUT2D eigenvalue weighted by molar-refractivity contribution is 0.340. The molecule has 0 saturated heterocycles. The van der Waals surface area contributed by atoms with Crippen LogP contribution in [0.1, 0.15) is 37.8 Å². The first-order valence-corrected chi connectivity index (χ1v) is 6.17. The van der Waals surface area contributed by atoms with Crippen LogP contribution in [0.2, 0.25) is 0 Å². The van der Waals surface area contributed by atoms with Gasteiger partial charge < -0.3 is 0 Å². The van der Waals surface area contributed by atoms with Crippen LogP contribution >= 0.6 is 11.6 Å². The number of nitrogens with zero attached hydrogens (tertiary/aromatic N) is 1. The van der Waals surface area contributed by atoms with Gasteiger partial charge in [0.2, 0.25) is 0 Å². The number of halogens is 1. The van der Waals surface area contributed by atoms with Crippen molar-refractivity contribution in [1.82, 2.24) is 4.98 Å². The Kier molecular flexibility index (Phi) is 3.07. The van der Waals surface area contributed by atoms with Crippen molar-refractivity contribution < 1.29 is 0 Å². The van der Waals surface area contributed by atoms with Gasteiger partial charge in [-0.1, -0.05) is 19.9 Å². The number of hydrogen-bond donors (Lipinski definition) is 0. The molecule has 86 valence electrons. The lowest BCUT2D eigenvalue weighted by Gasteiger charge is -2.32. The van der Waals surface area contributed by atoms with Gasteiger partial charge in [0.15, 0.2) is 0 Å². The van der Waals surface area contributed by atoms with Crippen molar-refractivity contribution in [1.29, 1.82) is 0 Å². The Morgan fingerprint density at radius 2 is 2.12 bits per heavy atom. The first-order valence-electron chi connectivity index (χ1n) is 5.73. The van der Waals surface area contributed by atoms with Gasteiger partial charge in [0.1, 0.15) is 0 Å². The smallest absolute Gasteiger partial charge is 0.0527 e. The number of aryl methyl sites for hydroxylation is 1. The van der Waals surface area contributed by atoms with Crippen LogP contribution in [0.5, 0.6) is 0 Å². The van der Waals surface area contributed by atoms with E-state index < -0.39 is 0 Å². The Balaban J connectivity index is 2.34. The molecule has 0 bridgehead atoms. The number of allylic oxidation sites excluding steroid dienone is 2. The molecule has 0 aliphatic heterocycles.